The highest BCUT2D eigenvalue weighted by Gasteiger charge is 2.34. The maximum Gasteiger partial charge on any atom is 0.108 e. The number of nitriles is 1. The van der Waals surface area contributed by atoms with Crippen molar-refractivity contribution in [1.82, 2.24) is 10.2 Å². The van der Waals surface area contributed by atoms with Gasteiger partial charge in [0.15, 0.2) is 0 Å². The molecule has 3 rings (SSSR count). The van der Waals surface area contributed by atoms with Crippen LogP contribution in [0.4, 0.5) is 0 Å². The smallest absolute Gasteiger partial charge is 0.108 e. The van der Waals surface area contributed by atoms with E-state index in [1.807, 2.05) is 7.05 Å². The van der Waals surface area contributed by atoms with Crippen molar-refractivity contribution in [3.8, 4) is 6.07 Å². The number of fused-ring (bicyclic) bond motifs is 3. The molecular formula is C11H19N3. The zero-order chi connectivity index (χ0) is 9.97. The van der Waals surface area contributed by atoms with Crippen LogP contribution >= 0.6 is 0 Å². The summed E-state index contributed by atoms with van der Waals surface area (Å²) in [7, 11) is 1.87. The van der Waals surface area contributed by atoms with Gasteiger partial charge in [0.05, 0.1) is 6.07 Å². The van der Waals surface area contributed by atoms with Crippen LogP contribution in [0.25, 0.3) is 0 Å². The molecular weight excluding hydrogens is 174 g/mol. The van der Waals surface area contributed by atoms with Crippen LogP contribution in [0, 0.1) is 17.2 Å². The number of likely N-dealkylation sites (N-methyl/N-ethyl adjacent to an activating group) is 1. The van der Waals surface area contributed by atoms with Crippen LogP contribution in [0.3, 0.4) is 0 Å². The molecule has 3 nitrogen and oxygen atoms in total. The zero-order valence-electron chi connectivity index (χ0n) is 8.87. The Morgan fingerprint density at radius 1 is 1.43 bits per heavy atom. The number of hydrogen-bond acceptors (Lipinski definition) is 3. The lowest BCUT2D eigenvalue weighted by atomic mass is 9.80. The molecule has 0 aromatic rings. The third-order valence-electron chi connectivity index (χ3n) is 3.75. The molecule has 1 atom stereocenters. The van der Waals surface area contributed by atoms with Crippen molar-refractivity contribution >= 4 is 0 Å². The molecule has 3 fully saturated rings. The van der Waals surface area contributed by atoms with Crippen LogP contribution in [-0.4, -0.2) is 37.1 Å². The van der Waals surface area contributed by atoms with Crippen molar-refractivity contribution in [2.45, 2.75) is 37.8 Å². The van der Waals surface area contributed by atoms with Crippen molar-refractivity contribution in [1.29, 1.82) is 5.26 Å². The first-order valence-electron chi connectivity index (χ1n) is 5.64. The molecule has 0 amide bonds. The van der Waals surface area contributed by atoms with E-state index < -0.39 is 0 Å². The van der Waals surface area contributed by atoms with E-state index in [2.05, 4.69) is 16.3 Å². The Morgan fingerprint density at radius 3 is 2.57 bits per heavy atom. The molecule has 1 unspecified atom stereocenters. The fourth-order valence-electron chi connectivity index (χ4n) is 2.83. The van der Waals surface area contributed by atoms with E-state index in [-0.39, 0.29) is 6.04 Å². The first-order valence-corrected chi connectivity index (χ1v) is 5.64. The Kier molecular flexibility index (Phi) is 3.05. The predicted molar refractivity (Wildman–Crippen MR) is 55.8 cm³/mol. The average molecular weight is 193 g/mol. The van der Waals surface area contributed by atoms with E-state index in [4.69, 9.17) is 5.26 Å². The van der Waals surface area contributed by atoms with Crippen LogP contribution in [-0.2, 0) is 0 Å². The minimum absolute atomic E-state index is 0.00866. The Bertz CT molecular complexity index is 225. The third-order valence-corrected chi connectivity index (χ3v) is 3.75. The summed E-state index contributed by atoms with van der Waals surface area (Å²) in [4.78, 5) is 2.52. The Morgan fingerprint density at radius 2 is 2.14 bits per heavy atom. The number of rotatable bonds is 3. The van der Waals surface area contributed by atoms with Crippen molar-refractivity contribution in [3.63, 3.8) is 0 Å². The van der Waals surface area contributed by atoms with Gasteiger partial charge in [-0.25, -0.2) is 0 Å². The molecule has 2 bridgehead atoms. The summed E-state index contributed by atoms with van der Waals surface area (Å²) in [6.07, 6.45) is 5.54. The van der Waals surface area contributed by atoms with Gasteiger partial charge in [-0.1, -0.05) is 0 Å². The zero-order valence-corrected chi connectivity index (χ0v) is 8.87. The molecule has 1 saturated carbocycles. The lowest BCUT2D eigenvalue weighted by molar-refractivity contribution is 0.0460. The fourth-order valence-corrected chi connectivity index (χ4v) is 2.83. The molecule has 0 radical (unpaired) electrons. The largest absolute Gasteiger partial charge is 0.304 e. The number of nitrogens with zero attached hydrogens (tertiary/aromatic N) is 2. The van der Waals surface area contributed by atoms with Gasteiger partial charge in [-0.05, 0) is 38.6 Å². The molecule has 1 N–H and O–H groups in total. The number of hydrogen-bond donors (Lipinski definition) is 1. The van der Waals surface area contributed by atoms with Crippen molar-refractivity contribution in [2.24, 2.45) is 5.92 Å². The SMILES string of the molecule is CNC(C#N)CN1CC2CCC1CC2. The molecule has 0 spiro atoms. The van der Waals surface area contributed by atoms with Crippen LogP contribution in [0.2, 0.25) is 0 Å². The predicted octanol–water partition coefficient (Wildman–Crippen LogP) is 0.972. The minimum Gasteiger partial charge on any atom is -0.304 e. The summed E-state index contributed by atoms with van der Waals surface area (Å²) in [6.45, 7) is 2.14. The monoisotopic (exact) mass is 193 g/mol. The standard InChI is InChI=1S/C11H19N3/c1-13-10(6-12)8-14-7-9-2-4-11(14)5-3-9/h9-11,13H,2-5,7-8H2,1H3. The van der Waals surface area contributed by atoms with E-state index in [0.717, 1.165) is 18.5 Å². The van der Waals surface area contributed by atoms with Gasteiger partial charge in [-0.2, -0.15) is 5.26 Å². The van der Waals surface area contributed by atoms with Crippen molar-refractivity contribution in [3.05, 3.63) is 0 Å². The first kappa shape index (κ1) is 9.95. The maximum absolute atomic E-state index is 8.89. The Labute approximate surface area is 86.1 Å². The molecule has 2 heterocycles. The Balaban J connectivity index is 1.89. The van der Waals surface area contributed by atoms with Gasteiger partial charge in [0.2, 0.25) is 0 Å². The van der Waals surface area contributed by atoms with Crippen molar-refractivity contribution < 1.29 is 0 Å². The van der Waals surface area contributed by atoms with E-state index in [1.54, 1.807) is 0 Å². The van der Waals surface area contributed by atoms with Gasteiger partial charge in [0.25, 0.3) is 0 Å². The first-order chi connectivity index (χ1) is 6.83. The highest BCUT2D eigenvalue weighted by Crippen LogP contribution is 2.34. The minimum atomic E-state index is 0.00866. The second-order valence-electron chi connectivity index (χ2n) is 4.60. The maximum atomic E-state index is 8.89. The summed E-state index contributed by atoms with van der Waals surface area (Å²) in [6, 6.07) is 3.08. The summed E-state index contributed by atoms with van der Waals surface area (Å²) in [5.74, 6) is 0.913. The highest BCUT2D eigenvalue weighted by atomic mass is 15.2. The molecule has 3 aliphatic rings. The molecule has 14 heavy (non-hydrogen) atoms. The van der Waals surface area contributed by atoms with Crippen LogP contribution < -0.4 is 5.32 Å². The second kappa shape index (κ2) is 4.29. The quantitative estimate of drug-likeness (QED) is 0.726. The van der Waals surface area contributed by atoms with E-state index in [1.165, 1.54) is 32.2 Å². The van der Waals surface area contributed by atoms with E-state index >= 15 is 0 Å². The Hall–Kier alpha value is -0.590. The summed E-state index contributed by atoms with van der Waals surface area (Å²) in [5, 5.41) is 11.9. The summed E-state index contributed by atoms with van der Waals surface area (Å²) >= 11 is 0. The molecule has 2 saturated heterocycles. The van der Waals surface area contributed by atoms with Crippen LogP contribution in [0.5, 0.6) is 0 Å². The lowest BCUT2D eigenvalue weighted by Gasteiger charge is -2.45. The molecule has 1 aliphatic carbocycles. The normalized spacial score (nSPS) is 34.0. The van der Waals surface area contributed by atoms with Gasteiger partial charge in [-0.15, -0.1) is 0 Å². The van der Waals surface area contributed by atoms with Gasteiger partial charge in [0, 0.05) is 19.1 Å². The number of piperidine rings is 2. The van der Waals surface area contributed by atoms with E-state index in [9.17, 15) is 0 Å². The van der Waals surface area contributed by atoms with Gasteiger partial charge < -0.3 is 5.32 Å². The highest BCUT2D eigenvalue weighted by molar-refractivity contribution is 4.96. The molecule has 0 aromatic carbocycles. The lowest BCUT2D eigenvalue weighted by Crippen LogP contribution is -2.52. The third kappa shape index (κ3) is 1.92. The molecule has 0 aromatic heterocycles. The molecule has 78 valence electrons. The molecule has 2 aliphatic heterocycles. The van der Waals surface area contributed by atoms with Crippen molar-refractivity contribution in [2.75, 3.05) is 20.1 Å². The van der Waals surface area contributed by atoms with Gasteiger partial charge >= 0.3 is 0 Å². The fraction of sp³-hybridized carbons (Fsp3) is 0.909. The van der Waals surface area contributed by atoms with Gasteiger partial charge in [0.1, 0.15) is 6.04 Å². The van der Waals surface area contributed by atoms with Gasteiger partial charge in [-0.3, -0.25) is 4.90 Å². The second-order valence-corrected chi connectivity index (χ2v) is 4.60. The van der Waals surface area contributed by atoms with E-state index in [0.29, 0.717) is 0 Å². The summed E-state index contributed by atoms with van der Waals surface area (Å²) < 4.78 is 0. The average Bonchev–Trinajstić information content (AvgIpc) is 2.27. The van der Waals surface area contributed by atoms with Crippen LogP contribution in [0.1, 0.15) is 25.7 Å². The van der Waals surface area contributed by atoms with Crippen LogP contribution in [0.15, 0.2) is 0 Å². The topological polar surface area (TPSA) is 39.1 Å². The number of nitrogens with one attached hydrogen (secondary N) is 1. The molecule has 3 heteroatoms. The summed E-state index contributed by atoms with van der Waals surface area (Å²) in [5.41, 5.74) is 0.